The highest BCUT2D eigenvalue weighted by molar-refractivity contribution is 6.33. The molecule has 7 heteroatoms. The number of methoxy groups -OCH3 is 2. The first kappa shape index (κ1) is 19.1. The number of halogens is 1. The van der Waals surface area contributed by atoms with Gasteiger partial charge in [-0.3, -0.25) is 0 Å². The average molecular weight is 428 g/mol. The normalized spacial score (nSPS) is 15.4. The molecule has 5 rings (SSSR count). The van der Waals surface area contributed by atoms with Crippen LogP contribution >= 0.6 is 11.6 Å². The molecule has 1 aliphatic heterocycles. The maximum absolute atomic E-state index is 12.7. The summed E-state index contributed by atoms with van der Waals surface area (Å²) in [7, 11) is 3.23. The number of rotatable bonds is 3. The van der Waals surface area contributed by atoms with Gasteiger partial charge in [0.1, 0.15) is 22.8 Å². The van der Waals surface area contributed by atoms with Crippen molar-refractivity contribution < 1.29 is 18.6 Å². The second kappa shape index (κ2) is 7.43. The minimum atomic E-state index is -0.248. The van der Waals surface area contributed by atoms with Crippen LogP contribution in [0.5, 0.6) is 17.2 Å². The summed E-state index contributed by atoms with van der Waals surface area (Å²) in [5.74, 6) is 1.95. The van der Waals surface area contributed by atoms with Crippen LogP contribution in [0, 0.1) is 0 Å². The average Bonchev–Trinajstić information content (AvgIpc) is 2.79. The SMILES string of the molecule is COc1cc(OC)cc(N2COc3c(Cl)cc4c5c(c(=O)oc4c3C2)CCCC5)c1. The van der Waals surface area contributed by atoms with E-state index in [4.69, 9.17) is 30.2 Å². The van der Waals surface area contributed by atoms with Crippen LogP contribution < -0.4 is 24.7 Å². The van der Waals surface area contributed by atoms with Crippen LogP contribution in [0.15, 0.2) is 33.5 Å². The van der Waals surface area contributed by atoms with Crippen LogP contribution in [-0.4, -0.2) is 21.0 Å². The quantitative estimate of drug-likeness (QED) is 0.565. The van der Waals surface area contributed by atoms with Crippen molar-refractivity contribution in [2.24, 2.45) is 0 Å². The van der Waals surface area contributed by atoms with E-state index in [2.05, 4.69) is 0 Å². The van der Waals surface area contributed by atoms with Crippen molar-refractivity contribution in [3.05, 3.63) is 56.4 Å². The first-order valence-electron chi connectivity index (χ1n) is 10.00. The third-order valence-electron chi connectivity index (χ3n) is 5.93. The summed E-state index contributed by atoms with van der Waals surface area (Å²) in [4.78, 5) is 14.7. The Balaban J connectivity index is 1.65. The molecule has 3 aromatic rings. The minimum Gasteiger partial charge on any atom is -0.497 e. The van der Waals surface area contributed by atoms with E-state index in [1.165, 1.54) is 0 Å². The van der Waals surface area contributed by atoms with Gasteiger partial charge in [0, 0.05) is 34.8 Å². The third kappa shape index (κ3) is 3.06. The molecule has 0 bridgehead atoms. The summed E-state index contributed by atoms with van der Waals surface area (Å²) in [5.41, 5.74) is 3.84. The Morgan fingerprint density at radius 1 is 0.967 bits per heavy atom. The topological polar surface area (TPSA) is 61.1 Å². The van der Waals surface area contributed by atoms with E-state index in [0.717, 1.165) is 53.4 Å². The Morgan fingerprint density at radius 3 is 2.37 bits per heavy atom. The number of benzene rings is 2. The number of ether oxygens (including phenoxy) is 3. The number of aryl methyl sites for hydroxylation is 1. The summed E-state index contributed by atoms with van der Waals surface area (Å²) in [6.45, 7) is 0.800. The number of hydrogen-bond acceptors (Lipinski definition) is 6. The van der Waals surface area contributed by atoms with Crippen LogP contribution in [0.25, 0.3) is 11.0 Å². The van der Waals surface area contributed by atoms with Crippen molar-refractivity contribution in [3.8, 4) is 17.2 Å². The lowest BCUT2D eigenvalue weighted by Gasteiger charge is -2.32. The zero-order chi connectivity index (χ0) is 20.8. The molecule has 2 aromatic carbocycles. The second-order valence-corrected chi connectivity index (χ2v) is 8.05. The van der Waals surface area contributed by atoms with Gasteiger partial charge < -0.3 is 23.5 Å². The number of anilines is 1. The van der Waals surface area contributed by atoms with E-state index in [0.29, 0.717) is 41.1 Å². The van der Waals surface area contributed by atoms with Crippen molar-refractivity contribution in [3.63, 3.8) is 0 Å². The van der Waals surface area contributed by atoms with E-state index in [1.54, 1.807) is 14.2 Å². The molecule has 1 aromatic heterocycles. The Bertz CT molecular complexity index is 1180. The fourth-order valence-corrected chi connectivity index (χ4v) is 4.69. The zero-order valence-electron chi connectivity index (χ0n) is 16.9. The Hall–Kier alpha value is -2.86. The summed E-state index contributed by atoms with van der Waals surface area (Å²) < 4.78 is 22.6. The molecule has 2 aliphatic rings. The van der Waals surface area contributed by atoms with E-state index < -0.39 is 0 Å². The van der Waals surface area contributed by atoms with Gasteiger partial charge in [-0.05, 0) is 37.3 Å². The van der Waals surface area contributed by atoms with Crippen molar-refractivity contribution in [1.82, 2.24) is 0 Å². The van der Waals surface area contributed by atoms with Crippen molar-refractivity contribution >= 4 is 28.3 Å². The molecule has 0 spiro atoms. The molecule has 0 radical (unpaired) electrons. The van der Waals surface area contributed by atoms with Crippen molar-refractivity contribution in [1.29, 1.82) is 0 Å². The number of fused-ring (bicyclic) bond motifs is 5. The molecular weight excluding hydrogens is 406 g/mol. The van der Waals surface area contributed by atoms with Gasteiger partial charge in [-0.15, -0.1) is 0 Å². The van der Waals surface area contributed by atoms with E-state index in [-0.39, 0.29) is 5.63 Å². The first-order valence-corrected chi connectivity index (χ1v) is 10.4. The highest BCUT2D eigenvalue weighted by Gasteiger charge is 2.28. The molecule has 0 unspecified atom stereocenters. The maximum Gasteiger partial charge on any atom is 0.339 e. The minimum absolute atomic E-state index is 0.248. The maximum atomic E-state index is 12.7. The van der Waals surface area contributed by atoms with E-state index in [9.17, 15) is 4.79 Å². The molecule has 0 N–H and O–H groups in total. The van der Waals surface area contributed by atoms with E-state index >= 15 is 0 Å². The fraction of sp³-hybridized carbons (Fsp3) is 0.348. The van der Waals surface area contributed by atoms with Gasteiger partial charge in [-0.1, -0.05) is 11.6 Å². The number of hydrogen-bond donors (Lipinski definition) is 0. The molecule has 0 saturated carbocycles. The van der Waals surface area contributed by atoms with Crippen LogP contribution in [0.2, 0.25) is 5.02 Å². The van der Waals surface area contributed by atoms with Crippen LogP contribution in [0.1, 0.15) is 29.5 Å². The summed E-state index contributed by atoms with van der Waals surface area (Å²) in [6, 6.07) is 7.54. The molecule has 0 amide bonds. The molecule has 6 nitrogen and oxygen atoms in total. The van der Waals surface area contributed by atoms with Crippen LogP contribution in [-0.2, 0) is 19.4 Å². The predicted octanol–water partition coefficient (Wildman–Crippen LogP) is 4.70. The van der Waals surface area contributed by atoms with Gasteiger partial charge in [0.05, 0.1) is 31.4 Å². The molecule has 0 atom stereocenters. The molecule has 30 heavy (non-hydrogen) atoms. The highest BCUT2D eigenvalue weighted by Crippen LogP contribution is 2.42. The van der Waals surface area contributed by atoms with Crippen molar-refractivity contribution in [2.75, 3.05) is 25.9 Å². The fourth-order valence-electron chi connectivity index (χ4n) is 4.41. The van der Waals surface area contributed by atoms with Crippen molar-refractivity contribution in [2.45, 2.75) is 32.2 Å². The number of nitrogens with zero attached hydrogens (tertiary/aromatic N) is 1. The smallest absolute Gasteiger partial charge is 0.339 e. The Labute approximate surface area is 178 Å². The lowest BCUT2D eigenvalue weighted by atomic mass is 9.90. The van der Waals surface area contributed by atoms with Gasteiger partial charge >= 0.3 is 5.63 Å². The lowest BCUT2D eigenvalue weighted by molar-refractivity contribution is 0.288. The molecule has 0 fully saturated rings. The van der Waals surface area contributed by atoms with Gasteiger partial charge in [0.2, 0.25) is 0 Å². The monoisotopic (exact) mass is 427 g/mol. The predicted molar refractivity (Wildman–Crippen MR) is 115 cm³/mol. The molecule has 0 saturated heterocycles. The van der Waals surface area contributed by atoms with Gasteiger partial charge in [-0.25, -0.2) is 4.79 Å². The zero-order valence-corrected chi connectivity index (χ0v) is 17.7. The van der Waals surface area contributed by atoms with Gasteiger partial charge in [0.25, 0.3) is 0 Å². The standard InChI is InChI=1S/C23H22ClNO5/c1-27-14-7-13(8-15(9-14)28-2)25-11-19-21-18(10-20(24)22(19)29-12-25)16-5-3-4-6-17(16)23(26)30-21/h7-10H,3-6,11-12H2,1-2H3. The summed E-state index contributed by atoms with van der Waals surface area (Å²) >= 11 is 6.59. The van der Waals surface area contributed by atoms with Gasteiger partial charge in [0.15, 0.2) is 6.73 Å². The highest BCUT2D eigenvalue weighted by atomic mass is 35.5. The van der Waals surface area contributed by atoms with Gasteiger partial charge in [-0.2, -0.15) is 0 Å². The lowest BCUT2D eigenvalue weighted by Crippen LogP contribution is -2.32. The van der Waals surface area contributed by atoms with E-state index in [1.807, 2.05) is 29.2 Å². The Kier molecular flexibility index (Phi) is 4.74. The summed E-state index contributed by atoms with van der Waals surface area (Å²) in [6.07, 6.45) is 3.70. The van der Waals surface area contributed by atoms with Crippen LogP contribution in [0.4, 0.5) is 5.69 Å². The molecular formula is C23H22ClNO5. The third-order valence-corrected chi connectivity index (χ3v) is 6.21. The van der Waals surface area contributed by atoms with Crippen LogP contribution in [0.3, 0.4) is 0 Å². The molecule has 2 heterocycles. The molecule has 1 aliphatic carbocycles. The first-order chi connectivity index (χ1) is 14.6. The summed E-state index contributed by atoms with van der Waals surface area (Å²) in [5, 5.41) is 1.46. The molecule has 156 valence electrons. The largest absolute Gasteiger partial charge is 0.497 e. The Morgan fingerprint density at radius 2 is 1.67 bits per heavy atom. The second-order valence-electron chi connectivity index (χ2n) is 7.64.